The maximum atomic E-state index is 10.9. The highest BCUT2D eigenvalue weighted by Gasteiger charge is 2.32. The third-order valence-corrected chi connectivity index (χ3v) is 4.45. The summed E-state index contributed by atoms with van der Waals surface area (Å²) in [7, 11) is 1.67. The van der Waals surface area contributed by atoms with Gasteiger partial charge in [-0.25, -0.2) is 0 Å². The van der Waals surface area contributed by atoms with Crippen LogP contribution >= 0.6 is 11.6 Å². The predicted octanol–water partition coefficient (Wildman–Crippen LogP) is 3.81. The third-order valence-electron chi connectivity index (χ3n) is 4.21. The number of aliphatic hydroxyl groups is 1. The van der Waals surface area contributed by atoms with Crippen molar-refractivity contribution in [2.45, 2.75) is 31.3 Å². The fourth-order valence-electron chi connectivity index (χ4n) is 3.13. The molecule has 2 aromatic rings. The Labute approximate surface area is 130 Å². The fourth-order valence-corrected chi connectivity index (χ4v) is 3.34. The lowest BCUT2D eigenvalue weighted by atomic mass is 9.77. The second kappa shape index (κ2) is 5.70. The Morgan fingerprint density at radius 2 is 2.05 bits per heavy atom. The second-order valence-corrected chi connectivity index (χ2v) is 6.28. The summed E-state index contributed by atoms with van der Waals surface area (Å²) >= 11 is 6.03. The molecular weight excluding hydrogens is 284 g/mol. The van der Waals surface area contributed by atoms with Crippen LogP contribution in [-0.2, 0) is 19.3 Å². The molecule has 2 nitrogen and oxygen atoms in total. The number of halogens is 1. The zero-order chi connectivity index (χ0) is 14.9. The van der Waals surface area contributed by atoms with Crippen molar-refractivity contribution in [1.82, 2.24) is 0 Å². The molecule has 1 unspecified atom stereocenters. The Bertz CT molecular complexity index is 653. The Morgan fingerprint density at radius 3 is 2.81 bits per heavy atom. The molecule has 0 aliphatic heterocycles. The zero-order valence-corrected chi connectivity index (χ0v) is 12.9. The van der Waals surface area contributed by atoms with Gasteiger partial charge in [0.1, 0.15) is 5.75 Å². The molecule has 0 saturated heterocycles. The summed E-state index contributed by atoms with van der Waals surface area (Å²) in [5, 5.41) is 11.7. The summed E-state index contributed by atoms with van der Waals surface area (Å²) in [6, 6.07) is 13.9. The van der Waals surface area contributed by atoms with E-state index in [1.807, 2.05) is 36.4 Å². The Balaban J connectivity index is 1.83. The lowest BCUT2D eigenvalue weighted by Crippen LogP contribution is -2.38. The fraction of sp³-hybridized carbons (Fsp3) is 0.333. The van der Waals surface area contributed by atoms with Crippen LogP contribution in [0.1, 0.15) is 23.1 Å². The second-order valence-electron chi connectivity index (χ2n) is 5.84. The van der Waals surface area contributed by atoms with Crippen molar-refractivity contribution >= 4 is 11.6 Å². The summed E-state index contributed by atoms with van der Waals surface area (Å²) in [5.74, 6) is 0.848. The maximum absolute atomic E-state index is 10.9. The van der Waals surface area contributed by atoms with Gasteiger partial charge in [0.05, 0.1) is 12.7 Å². The van der Waals surface area contributed by atoms with E-state index in [-0.39, 0.29) is 0 Å². The van der Waals surface area contributed by atoms with Gasteiger partial charge >= 0.3 is 0 Å². The van der Waals surface area contributed by atoms with Crippen LogP contribution in [0.15, 0.2) is 42.5 Å². The van der Waals surface area contributed by atoms with Crippen molar-refractivity contribution in [3.63, 3.8) is 0 Å². The van der Waals surface area contributed by atoms with Gasteiger partial charge in [0.15, 0.2) is 0 Å². The van der Waals surface area contributed by atoms with E-state index in [0.29, 0.717) is 17.9 Å². The first-order chi connectivity index (χ1) is 10.1. The number of fused-ring (bicyclic) bond motifs is 1. The number of benzene rings is 2. The van der Waals surface area contributed by atoms with E-state index in [0.717, 1.165) is 24.2 Å². The normalized spacial score (nSPS) is 20.9. The Kier molecular flexibility index (Phi) is 3.92. The number of ether oxygens (including phenoxy) is 1. The first-order valence-corrected chi connectivity index (χ1v) is 7.58. The molecular formula is C18H19ClO2. The molecule has 1 aliphatic carbocycles. The van der Waals surface area contributed by atoms with Crippen molar-refractivity contribution < 1.29 is 9.84 Å². The monoisotopic (exact) mass is 302 g/mol. The summed E-state index contributed by atoms with van der Waals surface area (Å²) in [4.78, 5) is 0. The molecule has 1 aliphatic rings. The number of methoxy groups -OCH3 is 1. The largest absolute Gasteiger partial charge is 0.497 e. The van der Waals surface area contributed by atoms with Crippen molar-refractivity contribution in [3.8, 4) is 5.75 Å². The van der Waals surface area contributed by atoms with E-state index < -0.39 is 5.60 Å². The van der Waals surface area contributed by atoms with Gasteiger partial charge in [0.25, 0.3) is 0 Å². The molecule has 0 amide bonds. The standard InChI is InChI=1S/C18H19ClO2/c1-21-17-6-5-14-7-8-18(20,12-15(14)10-17)11-13-3-2-4-16(19)9-13/h2-6,9-10,20H,7-8,11-12H2,1H3. The van der Waals surface area contributed by atoms with Crippen LogP contribution in [0.25, 0.3) is 0 Å². The van der Waals surface area contributed by atoms with Crippen LogP contribution < -0.4 is 4.74 Å². The van der Waals surface area contributed by atoms with E-state index in [9.17, 15) is 5.11 Å². The Hall–Kier alpha value is -1.51. The molecule has 110 valence electrons. The van der Waals surface area contributed by atoms with Gasteiger partial charge < -0.3 is 9.84 Å². The summed E-state index contributed by atoms with van der Waals surface area (Å²) in [6.07, 6.45) is 2.96. The van der Waals surface area contributed by atoms with Crippen molar-refractivity contribution in [3.05, 3.63) is 64.2 Å². The molecule has 0 spiro atoms. The van der Waals surface area contributed by atoms with Gasteiger partial charge in [-0.1, -0.05) is 29.8 Å². The van der Waals surface area contributed by atoms with Crippen molar-refractivity contribution in [2.75, 3.05) is 7.11 Å². The van der Waals surface area contributed by atoms with E-state index in [1.54, 1.807) is 7.11 Å². The van der Waals surface area contributed by atoms with Crippen LogP contribution in [-0.4, -0.2) is 17.8 Å². The number of aryl methyl sites for hydroxylation is 1. The molecule has 3 heteroatoms. The molecule has 2 aromatic carbocycles. The topological polar surface area (TPSA) is 29.5 Å². The lowest BCUT2D eigenvalue weighted by Gasteiger charge is -2.34. The molecule has 0 aromatic heterocycles. The van der Waals surface area contributed by atoms with E-state index in [2.05, 4.69) is 6.07 Å². The Morgan fingerprint density at radius 1 is 1.19 bits per heavy atom. The highest BCUT2D eigenvalue weighted by molar-refractivity contribution is 6.30. The zero-order valence-electron chi connectivity index (χ0n) is 12.1. The van der Waals surface area contributed by atoms with Crippen molar-refractivity contribution in [1.29, 1.82) is 0 Å². The summed E-state index contributed by atoms with van der Waals surface area (Å²) in [6.45, 7) is 0. The maximum Gasteiger partial charge on any atom is 0.119 e. The van der Waals surface area contributed by atoms with Gasteiger partial charge in [0, 0.05) is 17.9 Å². The van der Waals surface area contributed by atoms with Gasteiger partial charge in [-0.3, -0.25) is 0 Å². The average Bonchev–Trinajstić information content (AvgIpc) is 2.46. The quantitative estimate of drug-likeness (QED) is 0.934. The molecule has 0 saturated carbocycles. The minimum atomic E-state index is -0.704. The molecule has 0 bridgehead atoms. The molecule has 0 fully saturated rings. The first-order valence-electron chi connectivity index (χ1n) is 7.21. The smallest absolute Gasteiger partial charge is 0.119 e. The molecule has 21 heavy (non-hydrogen) atoms. The first kappa shape index (κ1) is 14.4. The van der Waals surface area contributed by atoms with Crippen LogP contribution in [0.5, 0.6) is 5.75 Å². The third kappa shape index (κ3) is 3.22. The van der Waals surface area contributed by atoms with Gasteiger partial charge in [-0.15, -0.1) is 0 Å². The number of hydrogen-bond acceptors (Lipinski definition) is 2. The predicted molar refractivity (Wildman–Crippen MR) is 85.1 cm³/mol. The molecule has 0 heterocycles. The minimum absolute atomic E-state index is 0.629. The average molecular weight is 303 g/mol. The van der Waals surface area contributed by atoms with Gasteiger partial charge in [-0.05, 0) is 53.8 Å². The van der Waals surface area contributed by atoms with Crippen LogP contribution in [0.2, 0.25) is 5.02 Å². The number of rotatable bonds is 3. The highest BCUT2D eigenvalue weighted by atomic mass is 35.5. The minimum Gasteiger partial charge on any atom is -0.497 e. The van der Waals surface area contributed by atoms with E-state index in [1.165, 1.54) is 11.1 Å². The SMILES string of the molecule is COc1ccc2c(c1)CC(O)(Cc1cccc(Cl)c1)CC2. The van der Waals surface area contributed by atoms with Crippen molar-refractivity contribution in [2.24, 2.45) is 0 Å². The number of hydrogen-bond donors (Lipinski definition) is 1. The summed E-state index contributed by atoms with van der Waals surface area (Å²) in [5.41, 5.74) is 2.87. The highest BCUT2D eigenvalue weighted by Crippen LogP contribution is 2.33. The summed E-state index contributed by atoms with van der Waals surface area (Å²) < 4.78 is 5.28. The lowest BCUT2D eigenvalue weighted by molar-refractivity contribution is 0.0267. The van der Waals surface area contributed by atoms with Crippen LogP contribution in [0.3, 0.4) is 0 Å². The van der Waals surface area contributed by atoms with Crippen LogP contribution in [0, 0.1) is 0 Å². The molecule has 1 atom stereocenters. The molecule has 0 radical (unpaired) electrons. The van der Waals surface area contributed by atoms with E-state index in [4.69, 9.17) is 16.3 Å². The van der Waals surface area contributed by atoms with Gasteiger partial charge in [0.2, 0.25) is 0 Å². The molecule has 3 rings (SSSR count). The molecule has 1 N–H and O–H groups in total. The van der Waals surface area contributed by atoms with Gasteiger partial charge in [-0.2, -0.15) is 0 Å². The van der Waals surface area contributed by atoms with Crippen LogP contribution in [0.4, 0.5) is 0 Å². The van der Waals surface area contributed by atoms with E-state index >= 15 is 0 Å².